The zero-order chi connectivity index (χ0) is 22.4. The summed E-state index contributed by atoms with van der Waals surface area (Å²) in [4.78, 5) is 49.2. The molecule has 1 N–H and O–H groups in total. The van der Waals surface area contributed by atoms with Gasteiger partial charge in [0.05, 0.1) is 10.9 Å². The molecule has 1 saturated carbocycles. The van der Waals surface area contributed by atoms with E-state index in [1.54, 1.807) is 6.07 Å². The fourth-order valence-corrected chi connectivity index (χ4v) is 3.81. The first kappa shape index (κ1) is 21.9. The molecule has 0 bridgehead atoms. The van der Waals surface area contributed by atoms with Gasteiger partial charge in [-0.3, -0.25) is 19.7 Å². The number of hydrogen-bond donors (Lipinski definition) is 1. The van der Waals surface area contributed by atoms with E-state index in [-0.39, 0.29) is 35.1 Å². The Hall–Kier alpha value is -3.75. The van der Waals surface area contributed by atoms with Crippen molar-refractivity contribution in [2.75, 3.05) is 11.9 Å². The highest BCUT2D eigenvalue weighted by Gasteiger charge is 2.29. The predicted octanol–water partition coefficient (Wildman–Crippen LogP) is 2.37. The number of carboxylic acid groups (broad SMARTS) is 1. The first-order chi connectivity index (χ1) is 14.9. The molecule has 0 aliphatic heterocycles. The van der Waals surface area contributed by atoms with Crippen LogP contribution in [0.2, 0.25) is 0 Å². The van der Waals surface area contributed by atoms with Crippen molar-refractivity contribution in [2.24, 2.45) is 0 Å². The summed E-state index contributed by atoms with van der Waals surface area (Å²) < 4.78 is 0. The maximum Gasteiger partial charge on any atom is 0.271 e. The lowest BCUT2D eigenvalue weighted by atomic mass is 9.93. The summed E-state index contributed by atoms with van der Waals surface area (Å²) in [5.74, 6) is -2.54. The number of rotatable bonds is 7. The zero-order valence-electron chi connectivity index (χ0n) is 16.8. The van der Waals surface area contributed by atoms with E-state index in [4.69, 9.17) is 0 Å². The van der Waals surface area contributed by atoms with Crippen molar-refractivity contribution < 1.29 is 24.4 Å². The fourth-order valence-electron chi connectivity index (χ4n) is 3.81. The maximum atomic E-state index is 13.3. The van der Waals surface area contributed by atoms with Gasteiger partial charge >= 0.3 is 0 Å². The van der Waals surface area contributed by atoms with Crippen LogP contribution in [-0.4, -0.2) is 40.2 Å². The fraction of sp³-hybridized carbons (Fsp3) is 0.318. The van der Waals surface area contributed by atoms with Crippen LogP contribution in [0.4, 0.5) is 11.4 Å². The Labute approximate surface area is 178 Å². The Morgan fingerprint density at radius 3 is 2.32 bits per heavy atom. The summed E-state index contributed by atoms with van der Waals surface area (Å²) in [5, 5.41) is 25.0. The van der Waals surface area contributed by atoms with E-state index < -0.39 is 22.7 Å². The van der Waals surface area contributed by atoms with E-state index in [1.807, 2.05) is 0 Å². The van der Waals surface area contributed by atoms with E-state index in [0.717, 1.165) is 19.3 Å². The van der Waals surface area contributed by atoms with Gasteiger partial charge in [0.1, 0.15) is 6.54 Å². The number of non-ortho nitro benzene ring substituents is 1. The molecular formula is C22H22N3O6-. The Balaban J connectivity index is 1.83. The summed E-state index contributed by atoms with van der Waals surface area (Å²) in [5.41, 5.74) is -0.185. The number of nitro benzene ring substituents is 1. The minimum Gasteiger partial charge on any atom is -0.545 e. The second-order valence-electron chi connectivity index (χ2n) is 7.41. The smallest absolute Gasteiger partial charge is 0.271 e. The number of nitrogens with zero attached hydrogens (tertiary/aromatic N) is 2. The topological polar surface area (TPSA) is 133 Å². The minimum absolute atomic E-state index is 0.0313. The van der Waals surface area contributed by atoms with E-state index in [9.17, 15) is 29.6 Å². The zero-order valence-corrected chi connectivity index (χ0v) is 16.8. The third kappa shape index (κ3) is 5.44. The van der Waals surface area contributed by atoms with Crippen LogP contribution in [-0.2, 0) is 4.79 Å². The van der Waals surface area contributed by atoms with E-state index >= 15 is 0 Å². The summed E-state index contributed by atoms with van der Waals surface area (Å²) >= 11 is 0. The molecule has 9 nitrogen and oxygen atoms in total. The SMILES string of the molecule is O=C(CN(C(=O)c1ccccc1C(=O)[O-])C1CCCCC1)Nc1cccc([N+](=O)[O-])c1. The largest absolute Gasteiger partial charge is 0.545 e. The number of nitro groups is 1. The second kappa shape index (κ2) is 9.84. The number of carbonyl (C=O) groups is 3. The van der Waals surface area contributed by atoms with Gasteiger partial charge < -0.3 is 20.1 Å². The Kier molecular flexibility index (Phi) is 6.96. The lowest BCUT2D eigenvalue weighted by Crippen LogP contribution is -2.46. The van der Waals surface area contributed by atoms with Gasteiger partial charge in [0.15, 0.2) is 0 Å². The maximum absolute atomic E-state index is 13.3. The van der Waals surface area contributed by atoms with E-state index in [0.29, 0.717) is 12.8 Å². The summed E-state index contributed by atoms with van der Waals surface area (Å²) in [7, 11) is 0. The van der Waals surface area contributed by atoms with Crippen LogP contribution in [0.15, 0.2) is 48.5 Å². The molecule has 31 heavy (non-hydrogen) atoms. The third-order valence-electron chi connectivity index (χ3n) is 5.31. The molecule has 1 aliphatic carbocycles. The highest BCUT2D eigenvalue weighted by Crippen LogP contribution is 2.25. The average molecular weight is 424 g/mol. The molecule has 0 unspecified atom stereocenters. The van der Waals surface area contributed by atoms with Crippen molar-refractivity contribution in [1.82, 2.24) is 4.90 Å². The quantitative estimate of drug-likeness (QED) is 0.536. The molecule has 0 aromatic heterocycles. The Morgan fingerprint density at radius 2 is 1.68 bits per heavy atom. The first-order valence-electron chi connectivity index (χ1n) is 10.0. The van der Waals surface area contributed by atoms with Gasteiger partial charge in [-0.15, -0.1) is 0 Å². The highest BCUT2D eigenvalue weighted by atomic mass is 16.6. The van der Waals surface area contributed by atoms with Crippen molar-refractivity contribution in [3.63, 3.8) is 0 Å². The molecule has 2 amide bonds. The van der Waals surface area contributed by atoms with Crippen molar-refractivity contribution in [2.45, 2.75) is 38.1 Å². The third-order valence-corrected chi connectivity index (χ3v) is 5.31. The lowest BCUT2D eigenvalue weighted by Gasteiger charge is -2.34. The van der Waals surface area contributed by atoms with Crippen LogP contribution in [0, 0.1) is 10.1 Å². The standard InChI is InChI=1S/C22H23N3O6/c26-20(23-15-7-6-10-17(13-15)25(30)31)14-24(16-8-2-1-3-9-16)21(27)18-11-4-5-12-19(18)22(28)29/h4-7,10-13,16H,1-3,8-9,14H2,(H,23,26)(H,28,29)/p-1. The number of benzene rings is 2. The van der Waals surface area contributed by atoms with Gasteiger partial charge in [-0.1, -0.05) is 43.5 Å². The molecule has 2 aromatic rings. The number of hydrogen-bond acceptors (Lipinski definition) is 6. The van der Waals surface area contributed by atoms with Gasteiger partial charge in [0, 0.05) is 35.0 Å². The number of nitrogens with one attached hydrogen (secondary N) is 1. The van der Waals surface area contributed by atoms with Crippen molar-refractivity contribution in [3.05, 3.63) is 69.8 Å². The lowest BCUT2D eigenvalue weighted by molar-refractivity contribution is -0.384. The van der Waals surface area contributed by atoms with Crippen molar-refractivity contribution in [1.29, 1.82) is 0 Å². The summed E-state index contributed by atoms with van der Waals surface area (Å²) in [6, 6.07) is 11.1. The van der Waals surface area contributed by atoms with Gasteiger partial charge in [-0.05, 0) is 25.0 Å². The number of anilines is 1. The molecule has 0 spiro atoms. The molecule has 0 radical (unpaired) electrons. The van der Waals surface area contributed by atoms with E-state index in [1.165, 1.54) is 47.4 Å². The first-order valence-corrected chi connectivity index (χ1v) is 10.0. The van der Waals surface area contributed by atoms with Crippen molar-refractivity contribution in [3.8, 4) is 0 Å². The van der Waals surface area contributed by atoms with Crippen LogP contribution in [0.3, 0.4) is 0 Å². The number of aromatic carboxylic acids is 1. The summed E-state index contributed by atoms with van der Waals surface area (Å²) in [6.45, 7) is -0.298. The molecule has 1 aliphatic rings. The Bertz CT molecular complexity index is 1000. The molecule has 0 heterocycles. The molecule has 0 atom stereocenters. The van der Waals surface area contributed by atoms with Crippen LogP contribution in [0.1, 0.15) is 52.8 Å². The van der Waals surface area contributed by atoms with Gasteiger partial charge in [0.2, 0.25) is 5.91 Å². The Morgan fingerprint density at radius 1 is 1.00 bits per heavy atom. The molecule has 0 saturated heterocycles. The van der Waals surface area contributed by atoms with Crippen LogP contribution in [0.5, 0.6) is 0 Å². The molecule has 2 aromatic carbocycles. The average Bonchev–Trinajstić information content (AvgIpc) is 2.77. The normalized spacial score (nSPS) is 13.9. The van der Waals surface area contributed by atoms with Gasteiger partial charge in [-0.25, -0.2) is 0 Å². The molecular weight excluding hydrogens is 402 g/mol. The van der Waals surface area contributed by atoms with E-state index in [2.05, 4.69) is 5.32 Å². The second-order valence-corrected chi connectivity index (χ2v) is 7.41. The number of amides is 2. The van der Waals surface area contributed by atoms with Crippen LogP contribution >= 0.6 is 0 Å². The minimum atomic E-state index is -1.46. The van der Waals surface area contributed by atoms with Crippen molar-refractivity contribution >= 4 is 29.2 Å². The molecule has 162 valence electrons. The molecule has 9 heteroatoms. The van der Waals surface area contributed by atoms with Gasteiger partial charge in [0.25, 0.3) is 11.6 Å². The molecule has 1 fully saturated rings. The highest BCUT2D eigenvalue weighted by molar-refractivity contribution is 6.06. The van der Waals surface area contributed by atoms with Gasteiger partial charge in [-0.2, -0.15) is 0 Å². The summed E-state index contributed by atoms with van der Waals surface area (Å²) in [6.07, 6.45) is 4.27. The van der Waals surface area contributed by atoms with Crippen LogP contribution < -0.4 is 10.4 Å². The predicted molar refractivity (Wildman–Crippen MR) is 110 cm³/mol. The monoisotopic (exact) mass is 424 g/mol. The number of carboxylic acids is 1. The van der Waals surface area contributed by atoms with Crippen LogP contribution in [0.25, 0.3) is 0 Å². The number of carbonyl (C=O) groups excluding carboxylic acids is 3. The molecule has 3 rings (SSSR count).